The third-order valence-corrected chi connectivity index (χ3v) is 5.20. The molecule has 0 radical (unpaired) electrons. The highest BCUT2D eigenvalue weighted by Gasteiger charge is 2.17. The van der Waals surface area contributed by atoms with Gasteiger partial charge in [0.15, 0.2) is 5.13 Å². The molecule has 0 saturated heterocycles. The van der Waals surface area contributed by atoms with E-state index in [2.05, 4.69) is 36.4 Å². The molecule has 8 heteroatoms. The first-order valence-corrected chi connectivity index (χ1v) is 9.11. The Labute approximate surface area is 156 Å². The number of carbonyl (C=O) groups excluding carboxylic acids is 1. The highest BCUT2D eigenvalue weighted by Crippen LogP contribution is 2.22. The van der Waals surface area contributed by atoms with Crippen LogP contribution in [0.5, 0.6) is 0 Å². The van der Waals surface area contributed by atoms with E-state index in [1.807, 2.05) is 24.3 Å². The molecule has 1 amide bonds. The fourth-order valence-corrected chi connectivity index (χ4v) is 3.42. The zero-order chi connectivity index (χ0) is 18.0. The molecule has 128 valence electrons. The van der Waals surface area contributed by atoms with Gasteiger partial charge in [-0.25, -0.2) is 10.1 Å². The number of nitrogens with zero attached hydrogens (tertiary/aromatic N) is 2. The lowest BCUT2D eigenvalue weighted by molar-refractivity contribution is 0.102. The van der Waals surface area contributed by atoms with Crippen molar-refractivity contribution in [1.82, 2.24) is 15.2 Å². The van der Waals surface area contributed by atoms with Crippen LogP contribution < -0.4 is 10.9 Å². The fraction of sp³-hybridized carbons (Fsp3) is 0.176. The first kappa shape index (κ1) is 17.5. The summed E-state index contributed by atoms with van der Waals surface area (Å²) in [7, 11) is 0. The van der Waals surface area contributed by atoms with E-state index in [0.29, 0.717) is 16.4 Å². The molecule has 0 unspecified atom stereocenters. The summed E-state index contributed by atoms with van der Waals surface area (Å²) < 4.78 is 1.03. The molecule has 0 aliphatic rings. The van der Waals surface area contributed by atoms with Crippen LogP contribution in [0.15, 0.2) is 39.7 Å². The molecule has 0 aliphatic carbocycles. The van der Waals surface area contributed by atoms with Gasteiger partial charge >= 0.3 is 0 Å². The van der Waals surface area contributed by atoms with Crippen LogP contribution in [0.3, 0.4) is 0 Å². The number of benzene rings is 1. The van der Waals surface area contributed by atoms with E-state index in [0.717, 1.165) is 21.3 Å². The third kappa shape index (κ3) is 4.02. The summed E-state index contributed by atoms with van der Waals surface area (Å²) in [6.07, 6.45) is 2.46. The molecule has 3 rings (SSSR count). The predicted octanol–water partition coefficient (Wildman–Crippen LogP) is 3.45. The number of aromatic amines is 1. The van der Waals surface area contributed by atoms with Crippen molar-refractivity contribution in [3.05, 3.63) is 72.6 Å². The number of carbonyl (C=O) groups is 1. The van der Waals surface area contributed by atoms with Crippen LogP contribution in [0.2, 0.25) is 0 Å². The van der Waals surface area contributed by atoms with Crippen molar-refractivity contribution in [2.75, 3.05) is 5.32 Å². The molecule has 0 bridgehead atoms. The minimum Gasteiger partial charge on any atom is -0.298 e. The van der Waals surface area contributed by atoms with Gasteiger partial charge in [0.25, 0.3) is 11.5 Å². The molecule has 25 heavy (non-hydrogen) atoms. The fourth-order valence-electron chi connectivity index (χ4n) is 2.31. The molecule has 2 heterocycles. The smallest absolute Gasteiger partial charge is 0.277 e. The van der Waals surface area contributed by atoms with Crippen molar-refractivity contribution < 1.29 is 4.79 Å². The molecule has 0 atom stereocenters. The number of halogens is 1. The molecular weight excluding hydrogens is 404 g/mol. The quantitative estimate of drug-likeness (QED) is 0.678. The molecular formula is C17H15BrN4O2S. The van der Waals surface area contributed by atoms with Gasteiger partial charge in [-0.1, -0.05) is 28.1 Å². The first-order chi connectivity index (χ1) is 11.9. The Morgan fingerprint density at radius 2 is 2.00 bits per heavy atom. The van der Waals surface area contributed by atoms with E-state index in [4.69, 9.17) is 0 Å². The van der Waals surface area contributed by atoms with Crippen molar-refractivity contribution >= 4 is 38.3 Å². The van der Waals surface area contributed by atoms with Crippen LogP contribution >= 0.6 is 27.3 Å². The van der Waals surface area contributed by atoms with Gasteiger partial charge in [-0.3, -0.25) is 14.9 Å². The minimum absolute atomic E-state index is 0.0668. The van der Waals surface area contributed by atoms with E-state index in [9.17, 15) is 9.59 Å². The number of rotatable bonds is 4. The maximum absolute atomic E-state index is 12.4. The average molecular weight is 419 g/mol. The molecule has 0 fully saturated rings. The molecule has 0 aliphatic heterocycles. The van der Waals surface area contributed by atoms with Gasteiger partial charge < -0.3 is 0 Å². The topological polar surface area (TPSA) is 87.7 Å². The number of aromatic nitrogens is 3. The van der Waals surface area contributed by atoms with Gasteiger partial charge in [-0.15, -0.1) is 11.3 Å². The van der Waals surface area contributed by atoms with Crippen LogP contribution in [0, 0.1) is 13.8 Å². The van der Waals surface area contributed by atoms with E-state index in [1.54, 1.807) is 20.0 Å². The maximum Gasteiger partial charge on any atom is 0.277 e. The van der Waals surface area contributed by atoms with E-state index in [-0.39, 0.29) is 5.56 Å². The van der Waals surface area contributed by atoms with E-state index < -0.39 is 11.5 Å². The summed E-state index contributed by atoms with van der Waals surface area (Å²) in [5, 5.41) is 9.34. The largest absolute Gasteiger partial charge is 0.298 e. The van der Waals surface area contributed by atoms with Crippen LogP contribution in [0.4, 0.5) is 5.13 Å². The molecule has 2 aromatic heterocycles. The average Bonchev–Trinajstić information content (AvgIpc) is 3.00. The van der Waals surface area contributed by atoms with Crippen LogP contribution in [0.1, 0.15) is 32.1 Å². The van der Waals surface area contributed by atoms with Crippen LogP contribution in [0.25, 0.3) is 0 Å². The predicted molar refractivity (Wildman–Crippen MR) is 101 cm³/mol. The Balaban J connectivity index is 1.75. The second-order valence-corrected chi connectivity index (χ2v) is 7.56. The lowest BCUT2D eigenvalue weighted by Gasteiger charge is -2.05. The lowest BCUT2D eigenvalue weighted by atomic mass is 10.1. The molecule has 6 nitrogen and oxygen atoms in total. The zero-order valence-electron chi connectivity index (χ0n) is 13.6. The normalized spacial score (nSPS) is 10.7. The number of hydrogen-bond acceptors (Lipinski definition) is 5. The molecule has 2 N–H and O–H groups in total. The highest BCUT2D eigenvalue weighted by atomic mass is 79.9. The highest BCUT2D eigenvalue weighted by molar-refractivity contribution is 9.10. The van der Waals surface area contributed by atoms with Crippen molar-refractivity contribution in [3.8, 4) is 0 Å². The molecule has 1 aromatic carbocycles. The first-order valence-electron chi connectivity index (χ1n) is 7.50. The summed E-state index contributed by atoms with van der Waals surface area (Å²) in [6.45, 7) is 3.44. The standard InChI is InChI=1S/C17H15BrN4O2S/c1-9-10(2)21-22-16(24)14(9)15(23)20-17-19-8-13(25-17)7-11-3-5-12(18)6-4-11/h3-6,8H,7H2,1-2H3,(H,22,24)(H,19,20,23). The zero-order valence-corrected chi connectivity index (χ0v) is 16.0. The number of anilines is 1. The molecule has 3 aromatic rings. The van der Waals surface area contributed by atoms with E-state index in [1.165, 1.54) is 11.3 Å². The summed E-state index contributed by atoms with van der Waals surface area (Å²) in [5.41, 5.74) is 1.89. The van der Waals surface area contributed by atoms with Gasteiger partial charge in [-0.2, -0.15) is 5.10 Å². The van der Waals surface area contributed by atoms with Gasteiger partial charge in [-0.05, 0) is 37.1 Å². The maximum atomic E-state index is 12.4. The lowest BCUT2D eigenvalue weighted by Crippen LogP contribution is -2.26. The SMILES string of the molecule is Cc1n[nH]c(=O)c(C(=O)Nc2ncc(Cc3ccc(Br)cc3)s2)c1C. The molecule has 0 spiro atoms. The van der Waals surface area contributed by atoms with Crippen molar-refractivity contribution in [1.29, 1.82) is 0 Å². The Kier molecular flexibility index (Phi) is 5.10. The number of amides is 1. The number of aryl methyl sites for hydroxylation is 1. The third-order valence-electron chi connectivity index (χ3n) is 3.76. The van der Waals surface area contributed by atoms with Crippen molar-refractivity contribution in [2.45, 2.75) is 20.3 Å². The monoisotopic (exact) mass is 418 g/mol. The van der Waals surface area contributed by atoms with Crippen LogP contribution in [-0.4, -0.2) is 21.1 Å². The Morgan fingerprint density at radius 1 is 1.28 bits per heavy atom. The van der Waals surface area contributed by atoms with Gasteiger partial charge in [0.2, 0.25) is 0 Å². The number of nitrogens with one attached hydrogen (secondary N) is 2. The Morgan fingerprint density at radius 3 is 2.72 bits per heavy atom. The van der Waals surface area contributed by atoms with Gasteiger partial charge in [0.05, 0.1) is 5.69 Å². The van der Waals surface area contributed by atoms with Gasteiger partial charge in [0.1, 0.15) is 5.56 Å². The van der Waals surface area contributed by atoms with E-state index >= 15 is 0 Å². The second kappa shape index (κ2) is 7.28. The van der Waals surface area contributed by atoms with Crippen molar-refractivity contribution in [2.24, 2.45) is 0 Å². The summed E-state index contributed by atoms with van der Waals surface area (Å²) in [4.78, 5) is 29.6. The van der Waals surface area contributed by atoms with Crippen molar-refractivity contribution in [3.63, 3.8) is 0 Å². The molecule has 0 saturated carbocycles. The minimum atomic E-state index is -0.507. The second-order valence-electron chi connectivity index (χ2n) is 5.53. The summed E-state index contributed by atoms with van der Waals surface area (Å²) in [5.74, 6) is -0.478. The Bertz CT molecular complexity index is 979. The Hall–Kier alpha value is -2.32. The number of thiazole rings is 1. The van der Waals surface area contributed by atoms with Gasteiger partial charge in [0, 0.05) is 22.0 Å². The summed E-state index contributed by atoms with van der Waals surface area (Å²) >= 11 is 4.80. The van der Waals surface area contributed by atoms with Crippen LogP contribution in [-0.2, 0) is 6.42 Å². The number of hydrogen-bond donors (Lipinski definition) is 2. The number of H-pyrrole nitrogens is 1. The summed E-state index contributed by atoms with van der Waals surface area (Å²) in [6, 6.07) is 8.04.